The van der Waals surface area contributed by atoms with Crippen LogP contribution in [0.3, 0.4) is 0 Å². The number of rotatable bonds is 6. The quantitative estimate of drug-likeness (QED) is 0.714. The largest absolute Gasteiger partial charge is 0.440 e. The minimum atomic E-state index is -4.67. The van der Waals surface area contributed by atoms with Crippen LogP contribution in [0.1, 0.15) is 29.8 Å². The van der Waals surface area contributed by atoms with E-state index in [1.54, 1.807) is 13.8 Å². The first-order valence-corrected chi connectivity index (χ1v) is 8.14. The Balaban J connectivity index is 2.72. The summed E-state index contributed by atoms with van der Waals surface area (Å²) in [5.41, 5.74) is -0.936. The lowest BCUT2D eigenvalue weighted by atomic mass is 10.0. The van der Waals surface area contributed by atoms with Gasteiger partial charge in [0.2, 0.25) is 0 Å². The van der Waals surface area contributed by atoms with Crippen molar-refractivity contribution < 1.29 is 40.7 Å². The lowest BCUT2D eigenvalue weighted by Crippen LogP contribution is -2.48. The van der Waals surface area contributed by atoms with E-state index in [0.717, 1.165) is 29.2 Å². The Morgan fingerprint density at radius 3 is 2.04 bits per heavy atom. The number of carbonyl (C=O) groups excluding carboxylic acids is 2. The summed E-state index contributed by atoms with van der Waals surface area (Å²) in [6, 6.07) is 2.83. The van der Waals surface area contributed by atoms with Gasteiger partial charge in [-0.15, -0.1) is 0 Å². The monoisotopic (exact) mass is 414 g/mol. The maximum Gasteiger partial charge on any atom is 0.422 e. The molecule has 2 amide bonds. The summed E-state index contributed by atoms with van der Waals surface area (Å²) in [6.07, 6.45) is -10.4. The van der Waals surface area contributed by atoms with Crippen LogP contribution in [-0.2, 0) is 10.9 Å². The Morgan fingerprint density at radius 1 is 1.07 bits per heavy atom. The standard InChI is InChI=1S/C17H20F6N2O3/c1-10(2)13(25(3)15(27)28-9-16(18,19)20)8-24-14(26)11-4-6-12(7-5-11)17(21,22)23/h4-7,10,13H,8-9H2,1-3H3,(H,24,26)/t13-/m1/s1. The molecule has 0 aliphatic heterocycles. The van der Waals surface area contributed by atoms with Gasteiger partial charge >= 0.3 is 18.4 Å². The fraction of sp³-hybridized carbons (Fsp3) is 0.529. The SMILES string of the molecule is CC(C)[C@@H](CNC(=O)c1ccc(C(F)(F)F)cc1)N(C)C(=O)OCC(F)(F)F. The Hall–Kier alpha value is -2.46. The van der Waals surface area contributed by atoms with Gasteiger partial charge < -0.3 is 15.0 Å². The zero-order valence-corrected chi connectivity index (χ0v) is 15.3. The summed E-state index contributed by atoms with van der Waals surface area (Å²) >= 11 is 0. The van der Waals surface area contributed by atoms with E-state index in [1.165, 1.54) is 7.05 Å². The van der Waals surface area contributed by atoms with Gasteiger partial charge in [0.1, 0.15) is 0 Å². The Bertz CT molecular complexity index is 671. The highest BCUT2D eigenvalue weighted by Crippen LogP contribution is 2.29. The summed E-state index contributed by atoms with van der Waals surface area (Å²) in [4.78, 5) is 24.8. The van der Waals surface area contributed by atoms with Crippen molar-refractivity contribution in [1.29, 1.82) is 0 Å². The average molecular weight is 414 g/mol. The maximum absolute atomic E-state index is 12.5. The number of halogens is 6. The van der Waals surface area contributed by atoms with Crippen molar-refractivity contribution in [2.24, 2.45) is 5.92 Å². The molecule has 0 bridgehead atoms. The smallest absolute Gasteiger partial charge is 0.422 e. The minimum absolute atomic E-state index is 0.0298. The summed E-state index contributed by atoms with van der Waals surface area (Å²) in [5, 5.41) is 2.45. The molecule has 28 heavy (non-hydrogen) atoms. The molecule has 1 rings (SSSR count). The summed E-state index contributed by atoms with van der Waals surface area (Å²) in [5.74, 6) is -0.937. The first kappa shape index (κ1) is 23.6. The number of hydrogen-bond acceptors (Lipinski definition) is 3. The number of alkyl halides is 6. The van der Waals surface area contributed by atoms with Crippen molar-refractivity contribution >= 4 is 12.0 Å². The van der Waals surface area contributed by atoms with Crippen molar-refractivity contribution in [3.05, 3.63) is 35.4 Å². The first-order valence-electron chi connectivity index (χ1n) is 8.14. The second-order valence-electron chi connectivity index (χ2n) is 6.38. The van der Waals surface area contributed by atoms with Crippen molar-refractivity contribution in [2.75, 3.05) is 20.2 Å². The molecule has 0 saturated carbocycles. The predicted molar refractivity (Wildman–Crippen MR) is 87.6 cm³/mol. The average Bonchev–Trinajstić information content (AvgIpc) is 2.57. The molecule has 0 aliphatic rings. The molecule has 0 spiro atoms. The Morgan fingerprint density at radius 2 is 1.61 bits per heavy atom. The lowest BCUT2D eigenvalue weighted by molar-refractivity contribution is -0.162. The van der Waals surface area contributed by atoms with E-state index in [-0.39, 0.29) is 18.0 Å². The van der Waals surface area contributed by atoms with Crippen LogP contribution in [0.4, 0.5) is 31.1 Å². The van der Waals surface area contributed by atoms with Gasteiger partial charge in [-0.1, -0.05) is 13.8 Å². The van der Waals surface area contributed by atoms with Crippen molar-refractivity contribution in [2.45, 2.75) is 32.2 Å². The molecule has 0 saturated heterocycles. The van der Waals surface area contributed by atoms with Crippen LogP contribution < -0.4 is 5.32 Å². The number of nitrogens with one attached hydrogen (secondary N) is 1. The Kier molecular flexibility index (Phi) is 7.71. The van der Waals surface area contributed by atoms with Gasteiger partial charge in [0.15, 0.2) is 6.61 Å². The van der Waals surface area contributed by atoms with E-state index >= 15 is 0 Å². The lowest BCUT2D eigenvalue weighted by Gasteiger charge is -2.30. The number of likely N-dealkylation sites (N-methyl/N-ethyl adjacent to an activating group) is 1. The molecule has 0 radical (unpaired) electrons. The molecule has 0 fully saturated rings. The highest BCUT2D eigenvalue weighted by Gasteiger charge is 2.32. The number of ether oxygens (including phenoxy) is 1. The molecule has 1 N–H and O–H groups in total. The summed E-state index contributed by atoms with van der Waals surface area (Å²) in [6.45, 7) is 1.50. The molecular formula is C17H20F6N2O3. The molecule has 1 aromatic rings. The number of amides is 2. The van der Waals surface area contributed by atoms with Crippen LogP contribution in [0, 0.1) is 5.92 Å². The normalized spacial score (nSPS) is 13.2. The molecule has 11 heteroatoms. The molecule has 158 valence electrons. The molecule has 0 unspecified atom stereocenters. The van der Waals surface area contributed by atoms with E-state index in [9.17, 15) is 35.9 Å². The van der Waals surface area contributed by atoms with Crippen LogP contribution in [0.15, 0.2) is 24.3 Å². The number of nitrogens with zero attached hydrogens (tertiary/aromatic N) is 1. The van der Waals surface area contributed by atoms with E-state index < -0.39 is 42.6 Å². The first-order chi connectivity index (χ1) is 12.7. The van der Waals surface area contributed by atoms with Crippen LogP contribution in [0.25, 0.3) is 0 Å². The minimum Gasteiger partial charge on any atom is -0.440 e. The zero-order valence-electron chi connectivity index (χ0n) is 15.3. The zero-order chi connectivity index (χ0) is 21.7. The summed E-state index contributed by atoms with van der Waals surface area (Å²) in [7, 11) is 1.23. The van der Waals surface area contributed by atoms with E-state index in [4.69, 9.17) is 0 Å². The van der Waals surface area contributed by atoms with Crippen molar-refractivity contribution in [1.82, 2.24) is 10.2 Å². The highest BCUT2D eigenvalue weighted by atomic mass is 19.4. The predicted octanol–water partition coefficient (Wildman–Crippen LogP) is 4.09. The Labute approximate surface area is 157 Å². The number of hydrogen-bond donors (Lipinski definition) is 1. The second-order valence-corrected chi connectivity index (χ2v) is 6.38. The number of benzene rings is 1. The molecule has 0 aliphatic carbocycles. The van der Waals surface area contributed by atoms with Crippen LogP contribution >= 0.6 is 0 Å². The van der Waals surface area contributed by atoms with E-state index in [2.05, 4.69) is 10.1 Å². The van der Waals surface area contributed by atoms with Gasteiger partial charge in [-0.3, -0.25) is 4.79 Å². The third kappa shape index (κ3) is 7.28. The van der Waals surface area contributed by atoms with E-state index in [1.807, 2.05) is 0 Å². The van der Waals surface area contributed by atoms with Gasteiger partial charge in [-0.2, -0.15) is 26.3 Å². The van der Waals surface area contributed by atoms with Gasteiger partial charge in [-0.25, -0.2) is 4.79 Å². The maximum atomic E-state index is 12.5. The van der Waals surface area contributed by atoms with Gasteiger partial charge in [-0.05, 0) is 30.2 Å². The molecule has 5 nitrogen and oxygen atoms in total. The van der Waals surface area contributed by atoms with Gasteiger partial charge in [0.25, 0.3) is 5.91 Å². The molecule has 0 heterocycles. The van der Waals surface area contributed by atoms with Crippen LogP contribution in [0.2, 0.25) is 0 Å². The molecule has 1 aromatic carbocycles. The molecular weight excluding hydrogens is 394 g/mol. The fourth-order valence-corrected chi connectivity index (χ4v) is 2.31. The summed E-state index contributed by atoms with van der Waals surface area (Å²) < 4.78 is 78.3. The third-order valence-electron chi connectivity index (χ3n) is 3.86. The van der Waals surface area contributed by atoms with Crippen molar-refractivity contribution in [3.63, 3.8) is 0 Å². The van der Waals surface area contributed by atoms with Gasteiger partial charge in [0, 0.05) is 19.2 Å². The van der Waals surface area contributed by atoms with Gasteiger partial charge in [0.05, 0.1) is 11.6 Å². The topological polar surface area (TPSA) is 58.6 Å². The third-order valence-corrected chi connectivity index (χ3v) is 3.86. The molecule has 0 aromatic heterocycles. The highest BCUT2D eigenvalue weighted by molar-refractivity contribution is 5.94. The fourth-order valence-electron chi connectivity index (χ4n) is 2.31. The van der Waals surface area contributed by atoms with E-state index in [0.29, 0.717) is 0 Å². The van der Waals surface area contributed by atoms with Crippen LogP contribution in [-0.4, -0.2) is 49.3 Å². The second kappa shape index (κ2) is 9.16. The number of carbonyl (C=O) groups is 2. The van der Waals surface area contributed by atoms with Crippen molar-refractivity contribution in [3.8, 4) is 0 Å². The van der Waals surface area contributed by atoms with Crippen LogP contribution in [0.5, 0.6) is 0 Å². The molecule has 1 atom stereocenters.